The summed E-state index contributed by atoms with van der Waals surface area (Å²) in [5, 5.41) is 14.7. The summed E-state index contributed by atoms with van der Waals surface area (Å²) < 4.78 is 0. The molecule has 0 saturated heterocycles. The molecule has 1 aliphatic carbocycles. The maximum atomic E-state index is 12.2. The number of benzene rings is 1. The zero-order chi connectivity index (χ0) is 14.5. The number of para-hydroxylation sites is 1. The summed E-state index contributed by atoms with van der Waals surface area (Å²) in [5.74, 6) is -0.990. The van der Waals surface area contributed by atoms with E-state index in [0.29, 0.717) is 12.2 Å². The number of hydrogen-bond donors (Lipinski definition) is 3. The third-order valence-corrected chi connectivity index (χ3v) is 3.18. The van der Waals surface area contributed by atoms with Crippen molar-refractivity contribution in [2.45, 2.75) is 25.4 Å². The van der Waals surface area contributed by atoms with E-state index in [4.69, 9.17) is 5.11 Å². The summed E-state index contributed by atoms with van der Waals surface area (Å²) >= 11 is 0. The summed E-state index contributed by atoms with van der Waals surface area (Å²) in [6, 6.07) is 7.19. The van der Waals surface area contributed by atoms with Gasteiger partial charge in [-0.3, -0.25) is 4.79 Å². The van der Waals surface area contributed by atoms with Crippen molar-refractivity contribution < 1.29 is 14.7 Å². The van der Waals surface area contributed by atoms with E-state index in [1.54, 1.807) is 0 Å². The molecule has 1 saturated carbocycles. The van der Waals surface area contributed by atoms with Crippen LogP contribution >= 0.6 is 0 Å². The van der Waals surface area contributed by atoms with Crippen LogP contribution in [0.15, 0.2) is 24.3 Å². The molecule has 3 N–H and O–H groups in total. The van der Waals surface area contributed by atoms with Gasteiger partial charge in [-0.15, -0.1) is 0 Å². The Morgan fingerprint density at radius 1 is 1.35 bits per heavy atom. The van der Waals surface area contributed by atoms with Crippen LogP contribution in [0.2, 0.25) is 0 Å². The van der Waals surface area contributed by atoms with Crippen molar-refractivity contribution in [2.24, 2.45) is 0 Å². The number of nitrogens with zero attached hydrogens (tertiary/aromatic N) is 1. The zero-order valence-electron chi connectivity index (χ0n) is 11.4. The predicted octanol–water partition coefficient (Wildman–Crippen LogP) is 1.49. The van der Waals surface area contributed by atoms with E-state index in [9.17, 15) is 9.59 Å². The molecular formula is C14H19N3O3. The third kappa shape index (κ3) is 3.71. The quantitative estimate of drug-likeness (QED) is 0.735. The first kappa shape index (κ1) is 14.3. The Bertz CT molecular complexity index is 500. The Morgan fingerprint density at radius 3 is 2.65 bits per heavy atom. The first-order chi connectivity index (χ1) is 9.61. The number of aliphatic carboxylic acids is 1. The molecule has 0 heterocycles. The Labute approximate surface area is 117 Å². The molecule has 1 fully saturated rings. The maximum Gasteiger partial charge on any atom is 0.323 e. The van der Waals surface area contributed by atoms with Gasteiger partial charge in [0.05, 0.1) is 0 Å². The van der Waals surface area contributed by atoms with E-state index in [0.717, 1.165) is 18.4 Å². The molecule has 0 spiro atoms. The number of carbonyl (C=O) groups excluding carboxylic acids is 1. The minimum absolute atomic E-state index is 0.0579. The standard InChI is InChI=1S/C14H19N3O3/c1-15-8-10-4-2-3-5-12(10)16-14(20)17(9-13(18)19)11-6-7-11/h2-5,11,15H,6-9H2,1H3,(H,16,20)(H,18,19). The van der Waals surface area contributed by atoms with E-state index < -0.39 is 5.97 Å². The third-order valence-electron chi connectivity index (χ3n) is 3.18. The zero-order valence-corrected chi connectivity index (χ0v) is 11.4. The molecule has 0 unspecified atom stereocenters. The summed E-state index contributed by atoms with van der Waals surface area (Å²) in [4.78, 5) is 24.4. The SMILES string of the molecule is CNCc1ccccc1NC(=O)N(CC(=O)O)C1CC1. The minimum atomic E-state index is -0.990. The van der Waals surface area contributed by atoms with Crippen molar-refractivity contribution in [1.82, 2.24) is 10.2 Å². The van der Waals surface area contributed by atoms with Gasteiger partial charge in [0, 0.05) is 18.3 Å². The van der Waals surface area contributed by atoms with Gasteiger partial charge in [0.1, 0.15) is 6.54 Å². The molecule has 20 heavy (non-hydrogen) atoms. The van der Waals surface area contributed by atoms with Gasteiger partial charge in [0.2, 0.25) is 0 Å². The topological polar surface area (TPSA) is 81.7 Å². The van der Waals surface area contributed by atoms with Crippen LogP contribution in [-0.2, 0) is 11.3 Å². The van der Waals surface area contributed by atoms with Crippen LogP contribution in [-0.4, -0.2) is 41.6 Å². The fourth-order valence-electron chi connectivity index (χ4n) is 2.07. The van der Waals surface area contributed by atoms with Crippen molar-refractivity contribution in [1.29, 1.82) is 0 Å². The lowest BCUT2D eigenvalue weighted by Crippen LogP contribution is -2.40. The molecule has 0 bridgehead atoms. The van der Waals surface area contributed by atoms with Crippen LogP contribution in [0.3, 0.4) is 0 Å². The van der Waals surface area contributed by atoms with Gasteiger partial charge in [-0.25, -0.2) is 4.79 Å². The fraction of sp³-hybridized carbons (Fsp3) is 0.429. The number of anilines is 1. The number of nitrogens with one attached hydrogen (secondary N) is 2. The molecule has 6 nitrogen and oxygen atoms in total. The molecule has 0 atom stereocenters. The molecule has 2 amide bonds. The van der Waals surface area contributed by atoms with E-state index in [1.165, 1.54) is 4.90 Å². The van der Waals surface area contributed by atoms with Crippen LogP contribution in [0.1, 0.15) is 18.4 Å². The summed E-state index contributed by atoms with van der Waals surface area (Å²) in [7, 11) is 1.83. The van der Waals surface area contributed by atoms with Crippen LogP contribution in [0, 0.1) is 0 Å². The number of carbonyl (C=O) groups is 2. The molecule has 0 aromatic heterocycles. The second-order valence-electron chi connectivity index (χ2n) is 4.87. The number of urea groups is 1. The largest absolute Gasteiger partial charge is 0.480 e. The number of carboxylic acid groups (broad SMARTS) is 1. The van der Waals surface area contributed by atoms with E-state index in [1.807, 2.05) is 31.3 Å². The molecule has 2 rings (SSSR count). The van der Waals surface area contributed by atoms with Gasteiger partial charge in [-0.1, -0.05) is 18.2 Å². The van der Waals surface area contributed by atoms with Crippen molar-refractivity contribution >= 4 is 17.7 Å². The van der Waals surface area contributed by atoms with Gasteiger partial charge in [-0.2, -0.15) is 0 Å². The molecule has 0 aliphatic heterocycles. The minimum Gasteiger partial charge on any atom is -0.480 e. The van der Waals surface area contributed by atoms with Crippen molar-refractivity contribution in [3.8, 4) is 0 Å². The van der Waals surface area contributed by atoms with Crippen molar-refractivity contribution in [3.05, 3.63) is 29.8 Å². The Morgan fingerprint density at radius 2 is 2.05 bits per heavy atom. The molecule has 1 aromatic rings. The smallest absolute Gasteiger partial charge is 0.323 e. The van der Waals surface area contributed by atoms with Gasteiger partial charge in [0.15, 0.2) is 0 Å². The van der Waals surface area contributed by atoms with Gasteiger partial charge in [-0.05, 0) is 31.5 Å². The summed E-state index contributed by atoms with van der Waals surface area (Å²) in [6.45, 7) is 0.378. The Hall–Kier alpha value is -2.08. The van der Waals surface area contributed by atoms with E-state index >= 15 is 0 Å². The maximum absolute atomic E-state index is 12.2. The van der Waals surface area contributed by atoms with E-state index in [-0.39, 0.29) is 18.6 Å². The number of hydrogen-bond acceptors (Lipinski definition) is 3. The molecule has 1 aliphatic rings. The van der Waals surface area contributed by atoms with Gasteiger partial charge < -0.3 is 20.6 Å². The second kappa shape index (κ2) is 6.38. The fourth-order valence-corrected chi connectivity index (χ4v) is 2.07. The molecule has 108 valence electrons. The highest BCUT2D eigenvalue weighted by atomic mass is 16.4. The Kier molecular flexibility index (Phi) is 4.57. The summed E-state index contributed by atoms with van der Waals surface area (Å²) in [5.41, 5.74) is 1.68. The Balaban J connectivity index is 2.07. The number of rotatable bonds is 6. The first-order valence-electron chi connectivity index (χ1n) is 6.63. The molecule has 0 radical (unpaired) electrons. The predicted molar refractivity (Wildman–Crippen MR) is 75.6 cm³/mol. The van der Waals surface area contributed by atoms with Crippen LogP contribution in [0.5, 0.6) is 0 Å². The molecule has 1 aromatic carbocycles. The van der Waals surface area contributed by atoms with Crippen molar-refractivity contribution in [2.75, 3.05) is 18.9 Å². The molecule has 6 heteroatoms. The normalized spacial score (nSPS) is 13.8. The van der Waals surface area contributed by atoms with Crippen LogP contribution in [0.25, 0.3) is 0 Å². The summed E-state index contributed by atoms with van der Waals surface area (Å²) in [6.07, 6.45) is 1.75. The average Bonchev–Trinajstić information content (AvgIpc) is 3.22. The monoisotopic (exact) mass is 277 g/mol. The average molecular weight is 277 g/mol. The lowest BCUT2D eigenvalue weighted by molar-refractivity contribution is -0.137. The first-order valence-corrected chi connectivity index (χ1v) is 6.63. The highest BCUT2D eigenvalue weighted by Gasteiger charge is 2.34. The second-order valence-corrected chi connectivity index (χ2v) is 4.87. The number of amides is 2. The molecular weight excluding hydrogens is 258 g/mol. The lowest BCUT2D eigenvalue weighted by Gasteiger charge is -2.21. The van der Waals surface area contributed by atoms with Gasteiger partial charge in [0.25, 0.3) is 0 Å². The highest BCUT2D eigenvalue weighted by molar-refractivity contribution is 5.92. The van der Waals surface area contributed by atoms with Gasteiger partial charge >= 0.3 is 12.0 Å². The highest BCUT2D eigenvalue weighted by Crippen LogP contribution is 2.27. The van der Waals surface area contributed by atoms with Crippen LogP contribution < -0.4 is 10.6 Å². The van der Waals surface area contributed by atoms with Crippen LogP contribution in [0.4, 0.5) is 10.5 Å². The van der Waals surface area contributed by atoms with Crippen molar-refractivity contribution in [3.63, 3.8) is 0 Å². The number of carboxylic acids is 1. The van der Waals surface area contributed by atoms with E-state index in [2.05, 4.69) is 10.6 Å². The lowest BCUT2D eigenvalue weighted by atomic mass is 10.2.